The molecular weight excluding hydrogens is 394 g/mol. The first kappa shape index (κ1) is 21.8. The van der Waals surface area contributed by atoms with Crippen molar-refractivity contribution in [2.45, 2.75) is 13.8 Å². The molecular formula is C20H21N3O5S. The normalized spacial score (nSPS) is 9.90. The molecule has 152 valence electrons. The summed E-state index contributed by atoms with van der Waals surface area (Å²) in [4.78, 5) is 35.3. The fourth-order valence-electron chi connectivity index (χ4n) is 2.40. The zero-order valence-corrected chi connectivity index (χ0v) is 17.0. The second-order valence-corrected chi connectivity index (χ2v) is 6.21. The minimum Gasteiger partial charge on any atom is -0.496 e. The molecule has 29 heavy (non-hydrogen) atoms. The summed E-state index contributed by atoms with van der Waals surface area (Å²) in [5.74, 6) is -0.833. The molecule has 9 heteroatoms. The fraction of sp³-hybridized carbons (Fsp3) is 0.200. The van der Waals surface area contributed by atoms with E-state index in [2.05, 4.69) is 16.0 Å². The smallest absolute Gasteiger partial charge is 0.338 e. The van der Waals surface area contributed by atoms with Crippen LogP contribution in [0.25, 0.3) is 0 Å². The lowest BCUT2D eigenvalue weighted by atomic mass is 10.1. The Balaban J connectivity index is 2.02. The van der Waals surface area contributed by atoms with Gasteiger partial charge in [0.1, 0.15) is 5.75 Å². The Hall–Kier alpha value is -3.46. The molecule has 2 amide bonds. The number of methoxy groups -OCH3 is 1. The summed E-state index contributed by atoms with van der Waals surface area (Å²) in [7, 11) is 1.42. The molecule has 0 spiro atoms. The average molecular weight is 415 g/mol. The van der Waals surface area contributed by atoms with E-state index in [0.29, 0.717) is 23.5 Å². The second kappa shape index (κ2) is 10.2. The van der Waals surface area contributed by atoms with E-state index < -0.39 is 11.9 Å². The molecule has 0 fully saturated rings. The molecule has 0 saturated carbocycles. The van der Waals surface area contributed by atoms with Crippen LogP contribution in [0.5, 0.6) is 5.75 Å². The van der Waals surface area contributed by atoms with Crippen LogP contribution < -0.4 is 20.7 Å². The van der Waals surface area contributed by atoms with Crippen LogP contribution in [0, 0.1) is 0 Å². The van der Waals surface area contributed by atoms with Gasteiger partial charge in [0, 0.05) is 24.4 Å². The van der Waals surface area contributed by atoms with Crippen molar-refractivity contribution in [3.8, 4) is 5.75 Å². The lowest BCUT2D eigenvalue weighted by Crippen LogP contribution is -2.34. The van der Waals surface area contributed by atoms with Gasteiger partial charge in [-0.2, -0.15) is 0 Å². The first-order valence-electron chi connectivity index (χ1n) is 8.69. The standard InChI is InChI=1S/C20H21N3O5S/c1-4-28-19(26)13-5-7-14(8-6-13)22-20(29)23-18(25)16-10-9-15(21-12(2)24)11-17(16)27-3/h5-11H,4H2,1-3H3,(H,21,24)(H2,22,23,25,29). The first-order chi connectivity index (χ1) is 13.8. The Morgan fingerprint density at radius 2 is 1.66 bits per heavy atom. The summed E-state index contributed by atoms with van der Waals surface area (Å²) in [5, 5.41) is 8.12. The number of benzene rings is 2. The average Bonchev–Trinajstić information content (AvgIpc) is 2.67. The van der Waals surface area contributed by atoms with Crippen LogP contribution >= 0.6 is 12.2 Å². The predicted octanol–water partition coefficient (Wildman–Crippen LogP) is 2.96. The van der Waals surface area contributed by atoms with Gasteiger partial charge in [0.15, 0.2) is 5.11 Å². The number of rotatable bonds is 6. The third kappa shape index (κ3) is 6.28. The number of thiocarbonyl (C=S) groups is 1. The van der Waals surface area contributed by atoms with Crippen LogP contribution in [0.3, 0.4) is 0 Å². The van der Waals surface area contributed by atoms with Crippen LogP contribution in [-0.4, -0.2) is 36.6 Å². The number of hydrogen-bond donors (Lipinski definition) is 3. The Morgan fingerprint density at radius 3 is 2.24 bits per heavy atom. The van der Waals surface area contributed by atoms with Crippen LogP contribution in [0.1, 0.15) is 34.6 Å². The Kier molecular flexibility index (Phi) is 7.67. The quantitative estimate of drug-likeness (QED) is 0.492. The predicted molar refractivity (Wildman–Crippen MR) is 113 cm³/mol. The van der Waals surface area contributed by atoms with Gasteiger partial charge in [-0.3, -0.25) is 14.9 Å². The van der Waals surface area contributed by atoms with Crippen molar-refractivity contribution in [1.82, 2.24) is 5.32 Å². The first-order valence-corrected chi connectivity index (χ1v) is 9.10. The van der Waals surface area contributed by atoms with E-state index in [1.165, 1.54) is 20.1 Å². The zero-order chi connectivity index (χ0) is 21.4. The van der Waals surface area contributed by atoms with Gasteiger partial charge >= 0.3 is 5.97 Å². The summed E-state index contributed by atoms with van der Waals surface area (Å²) in [6.07, 6.45) is 0. The van der Waals surface area contributed by atoms with Gasteiger partial charge in [0.2, 0.25) is 5.91 Å². The number of carbonyl (C=O) groups is 3. The summed E-state index contributed by atoms with van der Waals surface area (Å²) in [5.41, 5.74) is 1.77. The summed E-state index contributed by atoms with van der Waals surface area (Å²) in [6, 6.07) is 11.1. The second-order valence-electron chi connectivity index (χ2n) is 5.80. The number of hydrogen-bond acceptors (Lipinski definition) is 6. The maximum absolute atomic E-state index is 12.5. The molecule has 0 atom stereocenters. The van der Waals surface area contributed by atoms with Gasteiger partial charge in [0.05, 0.1) is 24.8 Å². The molecule has 0 heterocycles. The van der Waals surface area contributed by atoms with E-state index in [1.54, 1.807) is 43.3 Å². The van der Waals surface area contributed by atoms with Gasteiger partial charge in [-0.1, -0.05) is 0 Å². The molecule has 0 saturated heterocycles. The monoisotopic (exact) mass is 415 g/mol. The van der Waals surface area contributed by atoms with Crippen molar-refractivity contribution in [2.24, 2.45) is 0 Å². The van der Waals surface area contributed by atoms with Crippen LogP contribution in [0.4, 0.5) is 11.4 Å². The maximum Gasteiger partial charge on any atom is 0.338 e. The highest BCUT2D eigenvalue weighted by atomic mass is 32.1. The number of nitrogens with one attached hydrogen (secondary N) is 3. The molecule has 0 unspecified atom stereocenters. The maximum atomic E-state index is 12.5. The third-order valence-electron chi connectivity index (χ3n) is 3.65. The van der Waals surface area contributed by atoms with Crippen molar-refractivity contribution in [2.75, 3.05) is 24.4 Å². The van der Waals surface area contributed by atoms with Gasteiger partial charge in [-0.15, -0.1) is 0 Å². The molecule has 2 rings (SSSR count). The molecule has 0 radical (unpaired) electrons. The highest BCUT2D eigenvalue weighted by molar-refractivity contribution is 7.80. The number of amides is 2. The third-order valence-corrected chi connectivity index (χ3v) is 3.85. The Morgan fingerprint density at radius 1 is 1.00 bits per heavy atom. The molecule has 3 N–H and O–H groups in total. The summed E-state index contributed by atoms with van der Waals surface area (Å²) < 4.78 is 10.1. The number of esters is 1. The zero-order valence-electron chi connectivity index (χ0n) is 16.2. The summed E-state index contributed by atoms with van der Waals surface area (Å²) >= 11 is 5.17. The number of anilines is 2. The highest BCUT2D eigenvalue weighted by Gasteiger charge is 2.15. The minimum absolute atomic E-state index is 0.0758. The molecule has 0 aliphatic carbocycles. The van der Waals surface area contributed by atoms with Gasteiger partial charge in [0.25, 0.3) is 5.91 Å². The molecule has 0 bridgehead atoms. The molecule has 2 aromatic rings. The van der Waals surface area contributed by atoms with Crippen LogP contribution in [0.2, 0.25) is 0 Å². The van der Waals surface area contributed by atoms with E-state index in [1.807, 2.05) is 0 Å². The van der Waals surface area contributed by atoms with Crippen molar-refractivity contribution >= 4 is 46.5 Å². The van der Waals surface area contributed by atoms with E-state index in [-0.39, 0.29) is 22.3 Å². The molecule has 0 aliphatic rings. The Labute approximate surface area is 173 Å². The van der Waals surface area contributed by atoms with Crippen molar-refractivity contribution in [1.29, 1.82) is 0 Å². The molecule has 0 aliphatic heterocycles. The minimum atomic E-state index is -0.475. The van der Waals surface area contributed by atoms with E-state index in [0.717, 1.165) is 0 Å². The van der Waals surface area contributed by atoms with Crippen LogP contribution in [-0.2, 0) is 9.53 Å². The molecule has 2 aromatic carbocycles. The fourth-order valence-corrected chi connectivity index (χ4v) is 2.61. The SMILES string of the molecule is CCOC(=O)c1ccc(NC(=S)NC(=O)c2ccc(NC(C)=O)cc2OC)cc1. The van der Waals surface area contributed by atoms with E-state index in [9.17, 15) is 14.4 Å². The largest absolute Gasteiger partial charge is 0.496 e. The topological polar surface area (TPSA) is 106 Å². The van der Waals surface area contributed by atoms with Crippen molar-refractivity contribution in [3.05, 3.63) is 53.6 Å². The highest BCUT2D eigenvalue weighted by Crippen LogP contribution is 2.23. The van der Waals surface area contributed by atoms with Crippen LogP contribution in [0.15, 0.2) is 42.5 Å². The molecule has 8 nitrogen and oxygen atoms in total. The Bertz CT molecular complexity index is 928. The van der Waals surface area contributed by atoms with E-state index in [4.69, 9.17) is 21.7 Å². The van der Waals surface area contributed by atoms with Gasteiger partial charge < -0.3 is 20.1 Å². The molecule has 0 aromatic heterocycles. The van der Waals surface area contributed by atoms with Gasteiger partial charge in [-0.25, -0.2) is 4.79 Å². The van der Waals surface area contributed by atoms with Crippen molar-refractivity contribution < 1.29 is 23.9 Å². The number of carbonyl (C=O) groups excluding carboxylic acids is 3. The summed E-state index contributed by atoms with van der Waals surface area (Å²) in [6.45, 7) is 3.41. The lowest BCUT2D eigenvalue weighted by Gasteiger charge is -2.13. The lowest BCUT2D eigenvalue weighted by molar-refractivity contribution is -0.114. The van der Waals surface area contributed by atoms with E-state index >= 15 is 0 Å². The number of ether oxygens (including phenoxy) is 2. The van der Waals surface area contributed by atoms with Gasteiger partial charge in [-0.05, 0) is 55.5 Å². The van der Waals surface area contributed by atoms with Crippen molar-refractivity contribution in [3.63, 3.8) is 0 Å².